The van der Waals surface area contributed by atoms with Crippen LogP contribution in [-0.4, -0.2) is 73.6 Å². The van der Waals surface area contributed by atoms with Gasteiger partial charge in [-0.15, -0.1) is 11.6 Å². The first-order valence-electron chi connectivity index (χ1n) is 7.18. The number of alkyl halides is 1. The van der Waals surface area contributed by atoms with Crippen LogP contribution in [-0.2, 0) is 10.2 Å². The summed E-state index contributed by atoms with van der Waals surface area (Å²) in [5.41, 5.74) is 0. The van der Waals surface area contributed by atoms with Gasteiger partial charge in [0.25, 0.3) is 10.2 Å². The fourth-order valence-corrected chi connectivity index (χ4v) is 4.65. The third kappa shape index (κ3) is 4.04. The van der Waals surface area contributed by atoms with Crippen molar-refractivity contribution in [2.45, 2.75) is 25.7 Å². The van der Waals surface area contributed by atoms with E-state index in [4.69, 9.17) is 11.6 Å². The van der Waals surface area contributed by atoms with Crippen molar-refractivity contribution in [3.8, 4) is 0 Å². The van der Waals surface area contributed by atoms with Gasteiger partial charge in [-0.3, -0.25) is 4.90 Å². The van der Waals surface area contributed by atoms with Crippen molar-refractivity contribution in [2.24, 2.45) is 0 Å². The lowest BCUT2D eigenvalue weighted by Gasteiger charge is -2.36. The SMILES string of the molecule is O=S(=O)(N1CCCCCC1)N1CCN(CCCl)CC1. The van der Waals surface area contributed by atoms with Crippen LogP contribution in [0.4, 0.5) is 0 Å². The number of halogens is 1. The molecule has 2 heterocycles. The monoisotopic (exact) mass is 309 g/mol. The Labute approximate surface area is 121 Å². The lowest BCUT2D eigenvalue weighted by molar-refractivity contribution is 0.189. The van der Waals surface area contributed by atoms with Crippen LogP contribution < -0.4 is 0 Å². The van der Waals surface area contributed by atoms with Crippen LogP contribution in [0.3, 0.4) is 0 Å². The zero-order chi connectivity index (χ0) is 13.7. The third-order valence-electron chi connectivity index (χ3n) is 3.95. The van der Waals surface area contributed by atoms with Crippen molar-refractivity contribution in [1.82, 2.24) is 13.5 Å². The Kier molecular flexibility index (Phi) is 5.89. The van der Waals surface area contributed by atoms with Crippen LogP contribution in [0.1, 0.15) is 25.7 Å². The van der Waals surface area contributed by atoms with E-state index >= 15 is 0 Å². The molecule has 0 amide bonds. The van der Waals surface area contributed by atoms with Gasteiger partial charge in [-0.25, -0.2) is 0 Å². The molecule has 0 atom stereocenters. The molecule has 2 fully saturated rings. The van der Waals surface area contributed by atoms with Crippen LogP contribution in [0.2, 0.25) is 0 Å². The minimum absolute atomic E-state index is 0.593. The third-order valence-corrected chi connectivity index (χ3v) is 6.15. The normalized spacial score (nSPS) is 25.3. The summed E-state index contributed by atoms with van der Waals surface area (Å²) in [6.07, 6.45) is 4.28. The smallest absolute Gasteiger partial charge is 0.282 e. The van der Waals surface area contributed by atoms with Gasteiger partial charge in [0.1, 0.15) is 0 Å². The molecule has 2 rings (SSSR count). The predicted molar refractivity (Wildman–Crippen MR) is 77.7 cm³/mol. The zero-order valence-electron chi connectivity index (χ0n) is 11.4. The number of rotatable bonds is 4. The summed E-state index contributed by atoms with van der Waals surface area (Å²) in [5.74, 6) is 0.610. The summed E-state index contributed by atoms with van der Waals surface area (Å²) in [4.78, 5) is 2.22. The molecule has 5 nitrogen and oxygen atoms in total. The average Bonchev–Trinajstić information content (AvgIpc) is 2.69. The van der Waals surface area contributed by atoms with E-state index in [1.54, 1.807) is 8.61 Å². The van der Waals surface area contributed by atoms with Gasteiger partial charge in [-0.05, 0) is 12.8 Å². The Morgan fingerprint density at radius 2 is 1.32 bits per heavy atom. The van der Waals surface area contributed by atoms with Crippen molar-refractivity contribution >= 4 is 21.8 Å². The van der Waals surface area contributed by atoms with E-state index in [-0.39, 0.29) is 0 Å². The van der Waals surface area contributed by atoms with Crippen LogP contribution >= 0.6 is 11.6 Å². The second-order valence-electron chi connectivity index (χ2n) is 5.25. The largest absolute Gasteiger partial charge is 0.300 e. The highest BCUT2D eigenvalue weighted by molar-refractivity contribution is 7.86. The maximum Gasteiger partial charge on any atom is 0.282 e. The molecule has 7 heteroatoms. The van der Waals surface area contributed by atoms with Gasteiger partial charge in [0, 0.05) is 51.7 Å². The van der Waals surface area contributed by atoms with E-state index in [9.17, 15) is 8.42 Å². The molecule has 2 aliphatic rings. The van der Waals surface area contributed by atoms with Crippen molar-refractivity contribution in [3.63, 3.8) is 0 Å². The van der Waals surface area contributed by atoms with E-state index in [0.717, 1.165) is 45.3 Å². The van der Waals surface area contributed by atoms with E-state index in [0.29, 0.717) is 32.1 Å². The maximum atomic E-state index is 12.6. The number of hydrogen-bond acceptors (Lipinski definition) is 3. The van der Waals surface area contributed by atoms with Gasteiger partial charge in [-0.2, -0.15) is 17.0 Å². The van der Waals surface area contributed by atoms with E-state index in [1.165, 1.54) is 0 Å². The Bertz CT molecular complexity index is 361. The molecule has 112 valence electrons. The van der Waals surface area contributed by atoms with Gasteiger partial charge in [0.05, 0.1) is 0 Å². The highest BCUT2D eigenvalue weighted by Crippen LogP contribution is 2.17. The predicted octanol–water partition coefficient (Wildman–Crippen LogP) is 0.964. The van der Waals surface area contributed by atoms with Gasteiger partial charge < -0.3 is 0 Å². The molecule has 0 aromatic heterocycles. The molecule has 0 N–H and O–H groups in total. The first-order chi connectivity index (χ1) is 9.14. The molecule has 0 unspecified atom stereocenters. The van der Waals surface area contributed by atoms with Gasteiger partial charge in [-0.1, -0.05) is 12.8 Å². The quantitative estimate of drug-likeness (QED) is 0.727. The van der Waals surface area contributed by atoms with Gasteiger partial charge in [0.15, 0.2) is 0 Å². The molecule has 0 spiro atoms. The fraction of sp³-hybridized carbons (Fsp3) is 1.00. The topological polar surface area (TPSA) is 43.9 Å². The maximum absolute atomic E-state index is 12.6. The zero-order valence-corrected chi connectivity index (χ0v) is 13.0. The van der Waals surface area contributed by atoms with E-state index < -0.39 is 10.2 Å². The molecule has 0 aromatic rings. The Hall–Kier alpha value is 0.120. The van der Waals surface area contributed by atoms with Crippen molar-refractivity contribution < 1.29 is 8.42 Å². The summed E-state index contributed by atoms with van der Waals surface area (Å²) >= 11 is 5.72. The highest BCUT2D eigenvalue weighted by Gasteiger charge is 2.32. The summed E-state index contributed by atoms with van der Waals surface area (Å²) in [6.45, 7) is 4.98. The minimum Gasteiger partial charge on any atom is -0.300 e. The van der Waals surface area contributed by atoms with Gasteiger partial charge in [0.2, 0.25) is 0 Å². The first kappa shape index (κ1) is 15.5. The number of piperazine rings is 1. The summed E-state index contributed by atoms with van der Waals surface area (Å²) in [6, 6.07) is 0. The number of nitrogens with zero attached hydrogens (tertiary/aromatic N) is 3. The van der Waals surface area contributed by atoms with Crippen molar-refractivity contribution in [3.05, 3.63) is 0 Å². The van der Waals surface area contributed by atoms with Crippen LogP contribution in [0.5, 0.6) is 0 Å². The molecule has 0 radical (unpaired) electrons. The lowest BCUT2D eigenvalue weighted by atomic mass is 10.2. The number of hydrogen-bond donors (Lipinski definition) is 0. The molecule has 2 saturated heterocycles. The van der Waals surface area contributed by atoms with E-state index in [1.807, 2.05) is 0 Å². The minimum atomic E-state index is -3.24. The van der Waals surface area contributed by atoms with Crippen molar-refractivity contribution in [2.75, 3.05) is 51.7 Å². The molecular formula is C12H24ClN3O2S. The Morgan fingerprint density at radius 3 is 1.84 bits per heavy atom. The summed E-state index contributed by atoms with van der Waals surface area (Å²) in [5, 5.41) is 0. The molecule has 19 heavy (non-hydrogen) atoms. The van der Waals surface area contributed by atoms with E-state index in [2.05, 4.69) is 4.90 Å². The Balaban J connectivity index is 1.92. The van der Waals surface area contributed by atoms with Crippen LogP contribution in [0.15, 0.2) is 0 Å². The first-order valence-corrected chi connectivity index (χ1v) is 9.11. The van der Waals surface area contributed by atoms with Crippen molar-refractivity contribution in [1.29, 1.82) is 0 Å². The molecule has 0 bridgehead atoms. The lowest BCUT2D eigenvalue weighted by Crippen LogP contribution is -2.53. The summed E-state index contributed by atoms with van der Waals surface area (Å²) < 4.78 is 28.5. The van der Waals surface area contributed by atoms with Crippen LogP contribution in [0, 0.1) is 0 Å². The second kappa shape index (κ2) is 7.22. The average molecular weight is 310 g/mol. The standard InChI is InChI=1S/C12H24ClN3O2S/c13-5-8-14-9-11-16(12-10-14)19(17,18)15-6-3-1-2-4-7-15/h1-12H2. The van der Waals surface area contributed by atoms with Gasteiger partial charge >= 0.3 is 0 Å². The molecule has 0 aliphatic carbocycles. The second-order valence-corrected chi connectivity index (χ2v) is 7.56. The summed E-state index contributed by atoms with van der Waals surface area (Å²) in [7, 11) is -3.24. The fourth-order valence-electron chi connectivity index (χ4n) is 2.74. The molecule has 0 saturated carbocycles. The Morgan fingerprint density at radius 1 is 0.789 bits per heavy atom. The highest BCUT2D eigenvalue weighted by atomic mass is 35.5. The molecule has 2 aliphatic heterocycles. The molecular weight excluding hydrogens is 286 g/mol. The van der Waals surface area contributed by atoms with Crippen LogP contribution in [0.25, 0.3) is 0 Å². The molecule has 0 aromatic carbocycles.